The molecule has 1 saturated heterocycles. The van der Waals surface area contributed by atoms with E-state index in [2.05, 4.69) is 18.7 Å². The van der Waals surface area contributed by atoms with Gasteiger partial charge in [-0.3, -0.25) is 9.69 Å². The van der Waals surface area contributed by atoms with Gasteiger partial charge in [0.1, 0.15) is 5.75 Å². The van der Waals surface area contributed by atoms with Crippen LogP contribution in [0.25, 0.3) is 0 Å². The first-order chi connectivity index (χ1) is 10.1. The zero-order chi connectivity index (χ0) is 14.9. The standard InChI is InChI=1S/C18H25NO2/c1-18(2,19-12-4-3-5-13-19)17(20)14-6-8-15(9-7-14)21-16-10-11-16/h6-9,16H,3-5,10-13H2,1-2H3. The number of ketones is 1. The van der Waals surface area contributed by atoms with Crippen molar-refractivity contribution in [2.45, 2.75) is 57.6 Å². The van der Waals surface area contributed by atoms with Gasteiger partial charge in [-0.15, -0.1) is 0 Å². The van der Waals surface area contributed by atoms with Crippen LogP contribution in [-0.4, -0.2) is 35.4 Å². The van der Waals surface area contributed by atoms with E-state index in [4.69, 9.17) is 4.74 Å². The second kappa shape index (κ2) is 5.80. The summed E-state index contributed by atoms with van der Waals surface area (Å²) in [7, 11) is 0. The summed E-state index contributed by atoms with van der Waals surface area (Å²) < 4.78 is 5.74. The minimum atomic E-state index is -0.417. The molecule has 1 saturated carbocycles. The van der Waals surface area contributed by atoms with Crippen molar-refractivity contribution >= 4 is 5.78 Å². The Kier molecular flexibility index (Phi) is 4.03. The number of carbonyl (C=O) groups excluding carboxylic acids is 1. The molecule has 0 unspecified atom stereocenters. The Bertz CT molecular complexity index is 496. The molecule has 0 radical (unpaired) electrons. The normalized spacial score (nSPS) is 20.3. The number of nitrogens with zero attached hydrogens (tertiary/aromatic N) is 1. The van der Waals surface area contributed by atoms with Gasteiger partial charge in [-0.05, 0) is 76.9 Å². The molecule has 3 heteroatoms. The number of benzene rings is 1. The first-order valence-corrected chi connectivity index (χ1v) is 8.14. The maximum Gasteiger partial charge on any atom is 0.182 e. The Morgan fingerprint density at radius 1 is 1.10 bits per heavy atom. The van der Waals surface area contributed by atoms with Crippen molar-refractivity contribution in [1.82, 2.24) is 4.90 Å². The minimum Gasteiger partial charge on any atom is -0.490 e. The average molecular weight is 287 g/mol. The van der Waals surface area contributed by atoms with Gasteiger partial charge in [0.2, 0.25) is 0 Å². The molecule has 0 spiro atoms. The minimum absolute atomic E-state index is 0.211. The van der Waals surface area contributed by atoms with Gasteiger partial charge in [0.15, 0.2) is 5.78 Å². The van der Waals surface area contributed by atoms with Crippen molar-refractivity contribution < 1.29 is 9.53 Å². The SMILES string of the molecule is CC(C)(C(=O)c1ccc(OC2CC2)cc1)N1CCCCC1. The van der Waals surface area contributed by atoms with Crippen LogP contribution in [0.5, 0.6) is 5.75 Å². The fourth-order valence-corrected chi connectivity index (χ4v) is 3.01. The van der Waals surface area contributed by atoms with Crippen LogP contribution in [0.15, 0.2) is 24.3 Å². The predicted octanol–water partition coefficient (Wildman–Crippen LogP) is 3.68. The Morgan fingerprint density at radius 3 is 2.29 bits per heavy atom. The molecule has 3 nitrogen and oxygen atoms in total. The van der Waals surface area contributed by atoms with Crippen molar-refractivity contribution in [2.75, 3.05) is 13.1 Å². The lowest BCUT2D eigenvalue weighted by Gasteiger charge is -2.39. The van der Waals surface area contributed by atoms with Crippen molar-refractivity contribution in [1.29, 1.82) is 0 Å². The van der Waals surface area contributed by atoms with Gasteiger partial charge in [0.05, 0.1) is 11.6 Å². The smallest absolute Gasteiger partial charge is 0.182 e. The summed E-state index contributed by atoms with van der Waals surface area (Å²) in [5.41, 5.74) is 0.368. The molecule has 2 aliphatic rings. The van der Waals surface area contributed by atoms with Crippen LogP contribution in [0, 0.1) is 0 Å². The van der Waals surface area contributed by atoms with Gasteiger partial charge >= 0.3 is 0 Å². The molecular weight excluding hydrogens is 262 g/mol. The van der Waals surface area contributed by atoms with Crippen molar-refractivity contribution in [3.8, 4) is 5.75 Å². The predicted molar refractivity (Wildman–Crippen MR) is 83.9 cm³/mol. The lowest BCUT2D eigenvalue weighted by molar-refractivity contribution is 0.0579. The number of Topliss-reactive ketones (excluding diaryl/α,β-unsaturated/α-hetero) is 1. The molecule has 0 aromatic heterocycles. The third-order valence-electron chi connectivity index (χ3n) is 4.65. The topological polar surface area (TPSA) is 29.5 Å². The van der Waals surface area contributed by atoms with E-state index >= 15 is 0 Å². The highest BCUT2D eigenvalue weighted by molar-refractivity contribution is 6.02. The molecule has 21 heavy (non-hydrogen) atoms. The van der Waals surface area contributed by atoms with E-state index < -0.39 is 5.54 Å². The van der Waals surface area contributed by atoms with Crippen LogP contribution in [0.3, 0.4) is 0 Å². The van der Waals surface area contributed by atoms with Crippen molar-refractivity contribution in [3.05, 3.63) is 29.8 Å². The number of likely N-dealkylation sites (tertiary alicyclic amines) is 1. The molecule has 114 valence electrons. The Hall–Kier alpha value is -1.35. The fraction of sp³-hybridized carbons (Fsp3) is 0.611. The van der Waals surface area contributed by atoms with Crippen molar-refractivity contribution in [3.63, 3.8) is 0 Å². The van der Waals surface area contributed by atoms with Gasteiger partial charge in [-0.1, -0.05) is 6.42 Å². The average Bonchev–Trinajstić information content (AvgIpc) is 3.32. The highest BCUT2D eigenvalue weighted by Gasteiger charge is 2.35. The van der Waals surface area contributed by atoms with Gasteiger partial charge in [-0.2, -0.15) is 0 Å². The highest BCUT2D eigenvalue weighted by Crippen LogP contribution is 2.28. The van der Waals surface area contributed by atoms with Crippen LogP contribution in [0.4, 0.5) is 0 Å². The number of hydrogen-bond acceptors (Lipinski definition) is 3. The van der Waals surface area contributed by atoms with Gasteiger partial charge in [0, 0.05) is 5.56 Å². The Morgan fingerprint density at radius 2 is 1.71 bits per heavy atom. The molecule has 3 rings (SSSR count). The number of rotatable bonds is 5. The zero-order valence-electron chi connectivity index (χ0n) is 13.1. The second-order valence-electron chi connectivity index (χ2n) is 6.78. The molecule has 1 aromatic carbocycles. The summed E-state index contributed by atoms with van der Waals surface area (Å²) in [6, 6.07) is 7.67. The molecule has 2 fully saturated rings. The summed E-state index contributed by atoms with van der Waals surface area (Å²) in [6.07, 6.45) is 6.39. The number of ether oxygens (including phenoxy) is 1. The van der Waals surface area contributed by atoms with Gasteiger partial charge in [-0.25, -0.2) is 0 Å². The molecule has 1 aliphatic heterocycles. The van der Waals surface area contributed by atoms with E-state index in [-0.39, 0.29) is 5.78 Å². The number of carbonyl (C=O) groups is 1. The quantitative estimate of drug-likeness (QED) is 0.774. The number of hydrogen-bond donors (Lipinski definition) is 0. The first kappa shape index (κ1) is 14.6. The molecule has 0 N–H and O–H groups in total. The molecular formula is C18H25NO2. The summed E-state index contributed by atoms with van der Waals surface area (Å²) in [5.74, 6) is 1.09. The third kappa shape index (κ3) is 3.29. The van der Waals surface area contributed by atoms with Crippen LogP contribution >= 0.6 is 0 Å². The summed E-state index contributed by atoms with van der Waals surface area (Å²) in [5, 5.41) is 0. The van der Waals surface area contributed by atoms with Gasteiger partial charge in [0.25, 0.3) is 0 Å². The lowest BCUT2D eigenvalue weighted by Crippen LogP contribution is -2.52. The van der Waals surface area contributed by atoms with E-state index in [9.17, 15) is 4.79 Å². The first-order valence-electron chi connectivity index (χ1n) is 8.14. The van der Waals surface area contributed by atoms with E-state index in [0.29, 0.717) is 6.10 Å². The summed E-state index contributed by atoms with van der Waals surface area (Å²) in [6.45, 7) is 6.16. The lowest BCUT2D eigenvalue weighted by atomic mass is 9.89. The Balaban J connectivity index is 1.70. The molecule has 0 bridgehead atoms. The fourth-order valence-electron chi connectivity index (χ4n) is 3.01. The maximum absolute atomic E-state index is 12.8. The molecule has 0 atom stereocenters. The maximum atomic E-state index is 12.8. The van der Waals surface area contributed by atoms with E-state index in [1.807, 2.05) is 24.3 Å². The Labute approximate surface area is 127 Å². The molecule has 1 aromatic rings. The van der Waals surface area contributed by atoms with Crippen LogP contribution in [0.1, 0.15) is 56.3 Å². The zero-order valence-corrected chi connectivity index (χ0v) is 13.1. The third-order valence-corrected chi connectivity index (χ3v) is 4.65. The van der Waals surface area contributed by atoms with Crippen LogP contribution in [0.2, 0.25) is 0 Å². The number of piperidine rings is 1. The van der Waals surface area contributed by atoms with E-state index in [0.717, 1.165) is 37.2 Å². The molecule has 1 heterocycles. The monoisotopic (exact) mass is 287 g/mol. The van der Waals surface area contributed by atoms with Crippen LogP contribution in [-0.2, 0) is 0 Å². The molecule has 0 amide bonds. The highest BCUT2D eigenvalue weighted by atomic mass is 16.5. The summed E-state index contributed by atoms with van der Waals surface area (Å²) in [4.78, 5) is 15.2. The van der Waals surface area contributed by atoms with Gasteiger partial charge < -0.3 is 4.74 Å². The van der Waals surface area contributed by atoms with Crippen LogP contribution < -0.4 is 4.74 Å². The van der Waals surface area contributed by atoms with Crippen molar-refractivity contribution in [2.24, 2.45) is 0 Å². The van der Waals surface area contributed by atoms with E-state index in [1.54, 1.807) is 0 Å². The van der Waals surface area contributed by atoms with E-state index in [1.165, 1.54) is 19.3 Å². The second-order valence-corrected chi connectivity index (χ2v) is 6.78. The summed E-state index contributed by atoms with van der Waals surface area (Å²) >= 11 is 0. The largest absolute Gasteiger partial charge is 0.490 e. The molecule has 1 aliphatic carbocycles.